The van der Waals surface area contributed by atoms with E-state index in [1.165, 1.54) is 0 Å². The van der Waals surface area contributed by atoms with Crippen molar-refractivity contribution in [1.29, 1.82) is 0 Å². The van der Waals surface area contributed by atoms with Gasteiger partial charge in [0.1, 0.15) is 0 Å². The number of rotatable bonds is 0. The fourth-order valence-corrected chi connectivity index (χ4v) is 2.17. The molecule has 2 saturated heterocycles. The Bertz CT molecular complexity index is 193. The number of hydrogen-bond acceptors (Lipinski definition) is 2. The Hall–Kier alpha value is -0.570. The van der Waals surface area contributed by atoms with Crippen LogP contribution < -0.4 is 0 Å². The molecule has 3 heteroatoms. The molecule has 2 atom stereocenters. The molecule has 0 saturated carbocycles. The van der Waals surface area contributed by atoms with Crippen LogP contribution in [0.15, 0.2) is 0 Å². The average molecular weight is 169 g/mol. The van der Waals surface area contributed by atoms with Crippen LogP contribution in [0.3, 0.4) is 0 Å². The predicted molar refractivity (Wildman–Crippen MR) is 44.8 cm³/mol. The van der Waals surface area contributed by atoms with Gasteiger partial charge < -0.3 is 9.64 Å². The molecule has 0 aliphatic carbocycles. The van der Waals surface area contributed by atoms with Crippen LogP contribution >= 0.6 is 0 Å². The molecular formula is C9H15NO2. The lowest BCUT2D eigenvalue weighted by atomic mass is 9.93. The molecule has 0 aromatic rings. The van der Waals surface area contributed by atoms with Crippen LogP contribution in [0.25, 0.3) is 0 Å². The van der Waals surface area contributed by atoms with Crippen LogP contribution in [0.4, 0.5) is 0 Å². The number of piperidine rings is 1. The summed E-state index contributed by atoms with van der Waals surface area (Å²) in [6, 6.07) is 0.361. The third-order valence-corrected chi connectivity index (χ3v) is 2.94. The molecule has 2 aliphatic heterocycles. The Kier molecular flexibility index (Phi) is 2.05. The monoisotopic (exact) mass is 169 g/mol. The highest BCUT2D eigenvalue weighted by atomic mass is 16.5. The Morgan fingerprint density at radius 2 is 2.33 bits per heavy atom. The summed E-state index contributed by atoms with van der Waals surface area (Å²) in [5, 5.41) is 0. The van der Waals surface area contributed by atoms with E-state index in [1.54, 1.807) is 0 Å². The zero-order valence-electron chi connectivity index (χ0n) is 7.45. The number of likely N-dealkylation sites (N-methyl/N-ethyl adjacent to an activating group) is 1. The van der Waals surface area contributed by atoms with Gasteiger partial charge in [0.15, 0.2) is 0 Å². The molecule has 12 heavy (non-hydrogen) atoms. The molecule has 0 aromatic carbocycles. The third kappa shape index (κ3) is 1.22. The summed E-state index contributed by atoms with van der Waals surface area (Å²) in [6.45, 7) is 0.878. The lowest BCUT2D eigenvalue weighted by molar-refractivity contribution is -0.146. The molecule has 3 nitrogen and oxygen atoms in total. The molecule has 2 heterocycles. The first-order chi connectivity index (χ1) is 5.79. The van der Waals surface area contributed by atoms with Crippen LogP contribution in [0.1, 0.15) is 25.7 Å². The molecule has 0 bridgehead atoms. The van der Waals surface area contributed by atoms with Gasteiger partial charge in [-0.1, -0.05) is 0 Å². The maximum Gasteiger partial charge on any atom is 0.222 e. The highest BCUT2D eigenvalue weighted by Crippen LogP contribution is 2.26. The number of hydrogen-bond donors (Lipinski definition) is 0. The molecule has 68 valence electrons. The van der Waals surface area contributed by atoms with Crippen molar-refractivity contribution in [2.24, 2.45) is 0 Å². The van der Waals surface area contributed by atoms with Crippen LogP contribution in [0, 0.1) is 0 Å². The highest BCUT2D eigenvalue weighted by Gasteiger charge is 2.35. The van der Waals surface area contributed by atoms with E-state index in [0.717, 1.165) is 25.9 Å². The first-order valence-electron chi connectivity index (χ1n) is 4.66. The summed E-state index contributed by atoms with van der Waals surface area (Å²) in [5.74, 6) is 0.279. The summed E-state index contributed by atoms with van der Waals surface area (Å²) >= 11 is 0. The van der Waals surface area contributed by atoms with Gasteiger partial charge in [-0.15, -0.1) is 0 Å². The maximum absolute atomic E-state index is 11.3. The minimum atomic E-state index is 0.279. The Morgan fingerprint density at radius 1 is 1.50 bits per heavy atom. The van der Waals surface area contributed by atoms with Crippen molar-refractivity contribution in [1.82, 2.24) is 4.90 Å². The lowest BCUT2D eigenvalue weighted by Crippen LogP contribution is -2.52. The molecule has 2 rings (SSSR count). The van der Waals surface area contributed by atoms with E-state index in [0.29, 0.717) is 18.6 Å². The Labute approximate surface area is 72.7 Å². The average Bonchev–Trinajstić information content (AvgIpc) is 2.12. The molecule has 0 aromatic heterocycles. The van der Waals surface area contributed by atoms with Gasteiger partial charge in [-0.3, -0.25) is 4.79 Å². The van der Waals surface area contributed by atoms with Gasteiger partial charge in [-0.05, 0) is 19.3 Å². The predicted octanol–water partition coefficient (Wildman–Crippen LogP) is 0.786. The van der Waals surface area contributed by atoms with E-state index in [2.05, 4.69) is 0 Å². The minimum Gasteiger partial charge on any atom is -0.376 e. The number of carbonyl (C=O) groups excluding carboxylic acids is 1. The zero-order chi connectivity index (χ0) is 8.55. The van der Waals surface area contributed by atoms with E-state index in [1.807, 2.05) is 11.9 Å². The van der Waals surface area contributed by atoms with Crippen molar-refractivity contribution in [3.05, 3.63) is 0 Å². The third-order valence-electron chi connectivity index (χ3n) is 2.94. The molecule has 2 fully saturated rings. The van der Waals surface area contributed by atoms with Gasteiger partial charge in [-0.2, -0.15) is 0 Å². The largest absolute Gasteiger partial charge is 0.376 e. The van der Waals surface area contributed by atoms with Crippen molar-refractivity contribution in [3.8, 4) is 0 Å². The highest BCUT2D eigenvalue weighted by molar-refractivity contribution is 5.77. The molecular weight excluding hydrogens is 154 g/mol. The second-order valence-corrected chi connectivity index (χ2v) is 3.66. The van der Waals surface area contributed by atoms with E-state index in [9.17, 15) is 4.79 Å². The van der Waals surface area contributed by atoms with Crippen molar-refractivity contribution >= 4 is 5.91 Å². The van der Waals surface area contributed by atoms with Crippen LogP contribution in [-0.2, 0) is 9.53 Å². The smallest absolute Gasteiger partial charge is 0.222 e. The summed E-state index contributed by atoms with van der Waals surface area (Å²) in [7, 11) is 1.90. The van der Waals surface area contributed by atoms with Gasteiger partial charge >= 0.3 is 0 Å². The van der Waals surface area contributed by atoms with Gasteiger partial charge in [-0.25, -0.2) is 0 Å². The number of amides is 1. The molecule has 0 spiro atoms. The van der Waals surface area contributed by atoms with E-state index >= 15 is 0 Å². The Morgan fingerprint density at radius 3 is 3.17 bits per heavy atom. The van der Waals surface area contributed by atoms with Gasteiger partial charge in [0.25, 0.3) is 0 Å². The fraction of sp³-hybridized carbons (Fsp3) is 0.889. The number of ether oxygens (including phenoxy) is 1. The first-order valence-corrected chi connectivity index (χ1v) is 4.66. The van der Waals surface area contributed by atoms with Gasteiger partial charge in [0.05, 0.1) is 12.1 Å². The summed E-state index contributed by atoms with van der Waals surface area (Å²) in [6.07, 6.45) is 4.12. The number of nitrogens with zero attached hydrogens (tertiary/aromatic N) is 1. The molecule has 1 amide bonds. The molecule has 0 N–H and O–H groups in total. The topological polar surface area (TPSA) is 29.5 Å². The van der Waals surface area contributed by atoms with E-state index < -0.39 is 0 Å². The number of fused-ring (bicyclic) bond motifs is 1. The quantitative estimate of drug-likeness (QED) is 0.536. The second-order valence-electron chi connectivity index (χ2n) is 3.66. The minimum absolute atomic E-state index is 0.279. The molecule has 2 unspecified atom stereocenters. The SMILES string of the molecule is CN1C(=O)CCC2OCCCC21. The van der Waals surface area contributed by atoms with Crippen molar-refractivity contribution in [2.75, 3.05) is 13.7 Å². The molecule has 2 aliphatic rings. The van der Waals surface area contributed by atoms with Crippen molar-refractivity contribution < 1.29 is 9.53 Å². The summed E-state index contributed by atoms with van der Waals surface area (Å²) in [4.78, 5) is 13.2. The van der Waals surface area contributed by atoms with Crippen LogP contribution in [-0.4, -0.2) is 36.6 Å². The fourth-order valence-electron chi connectivity index (χ4n) is 2.17. The van der Waals surface area contributed by atoms with Crippen LogP contribution in [0.5, 0.6) is 0 Å². The number of carbonyl (C=O) groups is 1. The zero-order valence-corrected chi connectivity index (χ0v) is 7.45. The second kappa shape index (κ2) is 3.05. The standard InChI is InChI=1S/C9H15NO2/c1-10-7-3-2-6-12-8(7)4-5-9(10)11/h7-8H,2-6H2,1H3. The maximum atomic E-state index is 11.3. The molecule has 0 radical (unpaired) electrons. The van der Waals surface area contributed by atoms with E-state index in [-0.39, 0.29) is 5.91 Å². The van der Waals surface area contributed by atoms with E-state index in [4.69, 9.17) is 4.74 Å². The summed E-state index contributed by atoms with van der Waals surface area (Å²) < 4.78 is 5.61. The summed E-state index contributed by atoms with van der Waals surface area (Å²) in [5.41, 5.74) is 0. The van der Waals surface area contributed by atoms with Gasteiger partial charge in [0, 0.05) is 20.1 Å². The number of likely N-dealkylation sites (tertiary alicyclic amines) is 1. The van der Waals surface area contributed by atoms with Crippen molar-refractivity contribution in [3.63, 3.8) is 0 Å². The van der Waals surface area contributed by atoms with Crippen molar-refractivity contribution in [2.45, 2.75) is 37.8 Å². The van der Waals surface area contributed by atoms with Crippen LogP contribution in [0.2, 0.25) is 0 Å². The normalized spacial score (nSPS) is 36.4. The Balaban J connectivity index is 2.08. The first kappa shape index (κ1) is 8.05. The van der Waals surface area contributed by atoms with Gasteiger partial charge in [0.2, 0.25) is 5.91 Å². The lowest BCUT2D eigenvalue weighted by Gasteiger charge is -2.41.